The lowest BCUT2D eigenvalue weighted by molar-refractivity contribution is 1.10. The quantitative estimate of drug-likeness (QED) is 0.587. The minimum absolute atomic E-state index is 1.21. The van der Waals surface area contributed by atoms with Gasteiger partial charge in [0.2, 0.25) is 0 Å². The van der Waals surface area contributed by atoms with E-state index in [-0.39, 0.29) is 0 Å². The zero-order chi connectivity index (χ0) is 10.6. The van der Waals surface area contributed by atoms with Gasteiger partial charge in [0.15, 0.2) is 0 Å². The van der Waals surface area contributed by atoms with Crippen LogP contribution in [0, 0.1) is 13.8 Å². The third kappa shape index (κ3) is 2.06. The Labute approximate surface area is 87.0 Å². The van der Waals surface area contributed by atoms with Crippen molar-refractivity contribution in [2.75, 3.05) is 0 Å². The second-order valence-electron chi connectivity index (χ2n) is 3.51. The average molecular weight is 188 g/mol. The van der Waals surface area contributed by atoms with Crippen LogP contribution in [0.2, 0.25) is 0 Å². The molecule has 0 heteroatoms. The van der Waals surface area contributed by atoms with Crippen molar-refractivity contribution in [3.8, 4) is 0 Å². The van der Waals surface area contributed by atoms with Crippen LogP contribution in [0.25, 0.3) is 12.2 Å². The fourth-order valence-electron chi connectivity index (χ4n) is 1.85. The molecule has 0 spiro atoms. The maximum absolute atomic E-state index is 2.36. The molecular weight excluding hydrogens is 168 g/mol. The highest BCUT2D eigenvalue weighted by molar-refractivity contribution is 5.43. The Bertz CT molecular complexity index is 369. The molecule has 0 fully saturated rings. The summed E-state index contributed by atoms with van der Waals surface area (Å²) in [5, 5.41) is 2.92. The topological polar surface area (TPSA) is 0 Å². The van der Waals surface area contributed by atoms with Crippen molar-refractivity contribution in [1.29, 1.82) is 0 Å². The van der Waals surface area contributed by atoms with Gasteiger partial charge in [0.05, 0.1) is 0 Å². The van der Waals surface area contributed by atoms with Crippen molar-refractivity contribution in [3.63, 3.8) is 0 Å². The predicted molar refractivity (Wildman–Crippen MR) is 64.7 cm³/mol. The van der Waals surface area contributed by atoms with Gasteiger partial charge in [-0.2, -0.15) is 0 Å². The Morgan fingerprint density at radius 1 is 0.786 bits per heavy atom. The van der Waals surface area contributed by atoms with Crippen molar-refractivity contribution in [1.82, 2.24) is 0 Å². The normalized spacial score (nSPS) is 12.9. The molecule has 0 aromatic heterocycles. The third-order valence-corrected chi connectivity index (χ3v) is 2.59. The summed E-state index contributed by atoms with van der Waals surface area (Å²) in [6.45, 7) is 8.38. The van der Waals surface area contributed by atoms with Gasteiger partial charge in [-0.05, 0) is 48.3 Å². The summed E-state index contributed by atoms with van der Waals surface area (Å²) < 4.78 is 0. The molecule has 0 N–H and O–H groups in total. The van der Waals surface area contributed by atoms with Crippen LogP contribution in [0.1, 0.15) is 37.8 Å². The fraction of sp³-hybridized carbons (Fsp3) is 0.429. The first-order valence-corrected chi connectivity index (χ1v) is 5.55. The van der Waals surface area contributed by atoms with E-state index in [0.29, 0.717) is 0 Å². The van der Waals surface area contributed by atoms with Crippen LogP contribution >= 0.6 is 0 Å². The van der Waals surface area contributed by atoms with Crippen LogP contribution in [0.15, 0.2) is 12.1 Å². The second kappa shape index (κ2) is 4.99. The molecular formula is C14H20. The molecule has 0 radical (unpaired) electrons. The van der Waals surface area contributed by atoms with Crippen LogP contribution in [-0.4, -0.2) is 0 Å². The summed E-state index contributed by atoms with van der Waals surface area (Å²) in [4.78, 5) is 0. The molecule has 2 rings (SSSR count). The molecule has 0 unspecified atom stereocenters. The van der Waals surface area contributed by atoms with E-state index in [0.717, 1.165) is 0 Å². The van der Waals surface area contributed by atoms with E-state index in [1.165, 1.54) is 34.4 Å². The van der Waals surface area contributed by atoms with Gasteiger partial charge in [0.25, 0.3) is 0 Å². The molecule has 0 heterocycles. The standard InChI is InChI=1S/C12H14.C2H6/c1-9-7-8-10(2)12-6-4-3-5-11(9)12;1-2/h5-8H,3-4H2,1-2H3;1-2H3. The first kappa shape index (κ1) is 11.0. The monoisotopic (exact) mass is 188 g/mol. The number of hydrogen-bond acceptors (Lipinski definition) is 0. The lowest BCUT2D eigenvalue weighted by atomic mass is 10.0. The van der Waals surface area contributed by atoms with Gasteiger partial charge >= 0.3 is 0 Å². The van der Waals surface area contributed by atoms with Gasteiger partial charge in [-0.3, -0.25) is 0 Å². The predicted octanol–water partition coefficient (Wildman–Crippen LogP) is 2.68. The highest BCUT2D eigenvalue weighted by Gasteiger charge is 1.98. The average Bonchev–Trinajstić information content (AvgIpc) is 2.27. The summed E-state index contributed by atoms with van der Waals surface area (Å²) in [5.41, 5.74) is 2.82. The molecule has 1 aliphatic rings. The third-order valence-electron chi connectivity index (χ3n) is 2.59. The number of hydrogen-bond donors (Lipinski definition) is 0. The molecule has 14 heavy (non-hydrogen) atoms. The zero-order valence-electron chi connectivity index (χ0n) is 9.72. The molecule has 0 aliphatic heterocycles. The number of fused-ring (bicyclic) bond motifs is 1. The van der Waals surface area contributed by atoms with Gasteiger partial charge in [-0.15, -0.1) is 0 Å². The first-order valence-electron chi connectivity index (χ1n) is 5.55. The van der Waals surface area contributed by atoms with Crippen molar-refractivity contribution in [2.45, 2.75) is 40.5 Å². The molecule has 76 valence electrons. The molecule has 1 aliphatic carbocycles. The summed E-state index contributed by atoms with van der Waals surface area (Å²) in [5.74, 6) is 0. The largest absolute Gasteiger partial charge is 0.0761 e. The molecule has 0 nitrogen and oxygen atoms in total. The number of rotatable bonds is 0. The van der Waals surface area contributed by atoms with E-state index < -0.39 is 0 Å². The minimum Gasteiger partial charge on any atom is -0.0761 e. The lowest BCUT2D eigenvalue weighted by Gasteiger charge is -2.05. The summed E-state index contributed by atoms with van der Waals surface area (Å²) in [7, 11) is 0. The number of aryl methyl sites for hydroxylation is 2. The van der Waals surface area contributed by atoms with E-state index in [4.69, 9.17) is 0 Å². The van der Waals surface area contributed by atoms with Gasteiger partial charge in [0.1, 0.15) is 0 Å². The van der Waals surface area contributed by atoms with Crippen LogP contribution in [0.3, 0.4) is 0 Å². The van der Waals surface area contributed by atoms with Crippen LogP contribution in [0.5, 0.6) is 0 Å². The SMILES string of the molecule is CC.Cc1ccc(C)c2c1=CCCC=2. The van der Waals surface area contributed by atoms with Gasteiger partial charge in [-0.1, -0.05) is 38.1 Å². The Morgan fingerprint density at radius 3 is 1.50 bits per heavy atom. The fourth-order valence-corrected chi connectivity index (χ4v) is 1.85. The zero-order valence-corrected chi connectivity index (χ0v) is 9.72. The van der Waals surface area contributed by atoms with Gasteiger partial charge < -0.3 is 0 Å². The van der Waals surface area contributed by atoms with Crippen LogP contribution < -0.4 is 10.4 Å². The molecule has 0 amide bonds. The maximum Gasteiger partial charge on any atom is -0.0195 e. The van der Waals surface area contributed by atoms with Gasteiger partial charge in [0, 0.05) is 0 Å². The van der Waals surface area contributed by atoms with Gasteiger partial charge in [-0.25, -0.2) is 0 Å². The minimum atomic E-state index is 1.21. The Kier molecular flexibility index (Phi) is 3.94. The maximum atomic E-state index is 2.36. The first-order chi connectivity index (χ1) is 6.79. The molecule has 0 saturated carbocycles. The molecule has 0 bridgehead atoms. The summed E-state index contributed by atoms with van der Waals surface area (Å²) >= 11 is 0. The molecule has 1 aromatic carbocycles. The van der Waals surface area contributed by atoms with Crippen molar-refractivity contribution in [2.24, 2.45) is 0 Å². The van der Waals surface area contributed by atoms with E-state index in [1.54, 1.807) is 0 Å². The number of benzene rings is 1. The molecule has 0 atom stereocenters. The van der Waals surface area contributed by atoms with E-state index in [1.807, 2.05) is 13.8 Å². The summed E-state index contributed by atoms with van der Waals surface area (Å²) in [6.07, 6.45) is 7.13. The van der Waals surface area contributed by atoms with E-state index in [2.05, 4.69) is 38.1 Å². The van der Waals surface area contributed by atoms with Crippen molar-refractivity contribution < 1.29 is 0 Å². The molecule has 0 saturated heterocycles. The Morgan fingerprint density at radius 2 is 1.14 bits per heavy atom. The Hall–Kier alpha value is -1.04. The second-order valence-corrected chi connectivity index (χ2v) is 3.51. The van der Waals surface area contributed by atoms with E-state index in [9.17, 15) is 0 Å². The van der Waals surface area contributed by atoms with E-state index >= 15 is 0 Å². The van der Waals surface area contributed by atoms with Crippen molar-refractivity contribution in [3.05, 3.63) is 33.7 Å². The Balaban J connectivity index is 0.000000461. The van der Waals surface area contributed by atoms with Crippen molar-refractivity contribution >= 4 is 12.2 Å². The molecule has 1 aromatic rings. The van der Waals surface area contributed by atoms with Crippen LogP contribution in [-0.2, 0) is 0 Å². The summed E-state index contributed by atoms with van der Waals surface area (Å²) in [6, 6.07) is 4.42. The highest BCUT2D eigenvalue weighted by Crippen LogP contribution is 1.99. The van der Waals surface area contributed by atoms with Crippen LogP contribution in [0.4, 0.5) is 0 Å². The smallest absolute Gasteiger partial charge is 0.0195 e. The lowest BCUT2D eigenvalue weighted by Crippen LogP contribution is -2.31. The highest BCUT2D eigenvalue weighted by atomic mass is 14.0.